The first kappa shape index (κ1) is 15.2. The molecule has 0 radical (unpaired) electrons. The Morgan fingerprint density at radius 1 is 1.47 bits per heavy atom. The Bertz CT molecular complexity index is 465. The largest absolute Gasteiger partial charge is 0.463 e. The van der Waals surface area contributed by atoms with E-state index >= 15 is 0 Å². The number of furan rings is 1. The SMILES string of the molecule is COC(=O)c1ccc(C(C)NC(C)(C)CC(N)=O)o1. The zero-order valence-corrected chi connectivity index (χ0v) is 11.6. The first-order chi connectivity index (χ1) is 8.75. The van der Waals surface area contributed by atoms with E-state index in [0.717, 1.165) is 0 Å². The van der Waals surface area contributed by atoms with E-state index in [2.05, 4.69) is 10.1 Å². The van der Waals surface area contributed by atoms with Crippen molar-refractivity contribution in [1.29, 1.82) is 0 Å². The minimum Gasteiger partial charge on any atom is -0.463 e. The third-order valence-electron chi connectivity index (χ3n) is 2.66. The molecule has 106 valence electrons. The number of carbonyl (C=O) groups is 2. The van der Waals surface area contributed by atoms with Gasteiger partial charge in [-0.1, -0.05) is 0 Å². The number of amides is 1. The number of hydrogen-bond donors (Lipinski definition) is 2. The van der Waals surface area contributed by atoms with Crippen LogP contribution in [0.25, 0.3) is 0 Å². The number of rotatable bonds is 6. The molecule has 0 saturated heterocycles. The Labute approximate surface area is 112 Å². The Morgan fingerprint density at radius 2 is 2.11 bits per heavy atom. The topological polar surface area (TPSA) is 94.6 Å². The van der Waals surface area contributed by atoms with Crippen molar-refractivity contribution in [3.05, 3.63) is 23.7 Å². The Hall–Kier alpha value is -1.82. The summed E-state index contributed by atoms with van der Waals surface area (Å²) in [6.07, 6.45) is 0.210. The highest BCUT2D eigenvalue weighted by Crippen LogP contribution is 2.21. The fourth-order valence-corrected chi connectivity index (χ4v) is 1.94. The molecule has 1 unspecified atom stereocenters. The van der Waals surface area contributed by atoms with Gasteiger partial charge in [0.2, 0.25) is 11.7 Å². The van der Waals surface area contributed by atoms with Crippen LogP contribution in [0.3, 0.4) is 0 Å². The lowest BCUT2D eigenvalue weighted by molar-refractivity contribution is -0.119. The molecule has 0 aliphatic carbocycles. The number of primary amides is 1. The van der Waals surface area contributed by atoms with Gasteiger partial charge in [0.25, 0.3) is 0 Å². The molecule has 1 aromatic rings. The smallest absolute Gasteiger partial charge is 0.373 e. The molecule has 1 atom stereocenters. The van der Waals surface area contributed by atoms with Crippen LogP contribution in [0, 0.1) is 0 Å². The zero-order chi connectivity index (χ0) is 14.6. The second-order valence-electron chi connectivity index (χ2n) is 5.09. The number of nitrogens with one attached hydrogen (secondary N) is 1. The number of hydrogen-bond acceptors (Lipinski definition) is 5. The number of ether oxygens (including phenoxy) is 1. The van der Waals surface area contributed by atoms with E-state index in [9.17, 15) is 9.59 Å². The van der Waals surface area contributed by atoms with Crippen LogP contribution in [0.2, 0.25) is 0 Å². The summed E-state index contributed by atoms with van der Waals surface area (Å²) >= 11 is 0. The molecule has 1 rings (SSSR count). The Kier molecular flexibility index (Phi) is 4.72. The summed E-state index contributed by atoms with van der Waals surface area (Å²) in [7, 11) is 1.29. The summed E-state index contributed by atoms with van der Waals surface area (Å²) < 4.78 is 9.96. The van der Waals surface area contributed by atoms with Crippen molar-refractivity contribution < 1.29 is 18.7 Å². The van der Waals surface area contributed by atoms with Crippen molar-refractivity contribution in [3.8, 4) is 0 Å². The molecule has 0 aromatic carbocycles. The molecular formula is C13H20N2O4. The monoisotopic (exact) mass is 268 g/mol. The van der Waals surface area contributed by atoms with E-state index in [-0.39, 0.29) is 24.1 Å². The predicted octanol–water partition coefficient (Wildman–Crippen LogP) is 1.37. The summed E-state index contributed by atoms with van der Waals surface area (Å²) in [5, 5.41) is 3.23. The average molecular weight is 268 g/mol. The lowest BCUT2D eigenvalue weighted by Gasteiger charge is -2.28. The average Bonchev–Trinajstić information content (AvgIpc) is 2.74. The van der Waals surface area contributed by atoms with Gasteiger partial charge in [0.1, 0.15) is 5.76 Å². The lowest BCUT2D eigenvalue weighted by atomic mass is 9.98. The standard InChI is InChI=1S/C13H20N2O4/c1-8(15-13(2,3)7-11(14)16)9-5-6-10(19-9)12(17)18-4/h5-6,8,15H,7H2,1-4H3,(H2,14,16). The molecule has 0 fully saturated rings. The van der Waals surface area contributed by atoms with Crippen LogP contribution in [0.1, 0.15) is 49.5 Å². The summed E-state index contributed by atoms with van der Waals surface area (Å²) in [6.45, 7) is 5.62. The molecule has 3 N–H and O–H groups in total. The van der Waals surface area contributed by atoms with Crippen LogP contribution < -0.4 is 11.1 Å². The molecule has 19 heavy (non-hydrogen) atoms. The molecule has 0 aliphatic heterocycles. The van der Waals surface area contributed by atoms with Crippen LogP contribution in [-0.2, 0) is 9.53 Å². The van der Waals surface area contributed by atoms with Crippen LogP contribution in [0.5, 0.6) is 0 Å². The van der Waals surface area contributed by atoms with Crippen LogP contribution in [-0.4, -0.2) is 24.5 Å². The van der Waals surface area contributed by atoms with E-state index in [1.165, 1.54) is 7.11 Å². The minimum atomic E-state index is -0.519. The highest BCUT2D eigenvalue weighted by atomic mass is 16.5. The van der Waals surface area contributed by atoms with Crippen molar-refractivity contribution in [3.63, 3.8) is 0 Å². The summed E-state index contributed by atoms with van der Waals surface area (Å²) in [5.41, 5.74) is 4.74. The van der Waals surface area contributed by atoms with Gasteiger partial charge in [-0.3, -0.25) is 4.79 Å². The van der Waals surface area contributed by atoms with E-state index in [1.54, 1.807) is 12.1 Å². The van der Waals surface area contributed by atoms with Gasteiger partial charge in [0.15, 0.2) is 0 Å². The minimum absolute atomic E-state index is 0.152. The van der Waals surface area contributed by atoms with Gasteiger partial charge in [-0.25, -0.2) is 4.79 Å². The third kappa shape index (κ3) is 4.40. The molecule has 0 aliphatic rings. The normalized spacial score (nSPS) is 13.1. The van der Waals surface area contributed by atoms with Crippen molar-refractivity contribution in [2.24, 2.45) is 5.73 Å². The Morgan fingerprint density at radius 3 is 2.63 bits per heavy atom. The molecule has 1 amide bonds. The van der Waals surface area contributed by atoms with E-state index in [0.29, 0.717) is 5.76 Å². The summed E-state index contributed by atoms with van der Waals surface area (Å²) in [4.78, 5) is 22.2. The third-order valence-corrected chi connectivity index (χ3v) is 2.66. The van der Waals surface area contributed by atoms with Gasteiger partial charge in [-0.05, 0) is 32.9 Å². The zero-order valence-electron chi connectivity index (χ0n) is 11.6. The molecule has 0 saturated carbocycles. The molecule has 6 heteroatoms. The second-order valence-corrected chi connectivity index (χ2v) is 5.09. The highest BCUT2D eigenvalue weighted by Gasteiger charge is 2.25. The van der Waals surface area contributed by atoms with Crippen molar-refractivity contribution in [1.82, 2.24) is 5.32 Å². The number of nitrogens with two attached hydrogens (primary N) is 1. The molecule has 1 heterocycles. The maximum absolute atomic E-state index is 11.3. The van der Waals surface area contributed by atoms with Gasteiger partial charge in [-0.2, -0.15) is 0 Å². The lowest BCUT2D eigenvalue weighted by Crippen LogP contribution is -2.43. The van der Waals surface area contributed by atoms with E-state index in [1.807, 2.05) is 20.8 Å². The van der Waals surface area contributed by atoms with Crippen LogP contribution in [0.15, 0.2) is 16.5 Å². The summed E-state index contributed by atoms with van der Waals surface area (Å²) in [5.74, 6) is -0.147. The van der Waals surface area contributed by atoms with Gasteiger partial charge < -0.3 is 20.2 Å². The molecular weight excluding hydrogens is 248 g/mol. The van der Waals surface area contributed by atoms with E-state index < -0.39 is 11.5 Å². The first-order valence-electron chi connectivity index (χ1n) is 5.99. The maximum Gasteiger partial charge on any atom is 0.373 e. The van der Waals surface area contributed by atoms with Crippen molar-refractivity contribution in [2.45, 2.75) is 38.8 Å². The fourth-order valence-electron chi connectivity index (χ4n) is 1.94. The number of carbonyl (C=O) groups excluding carboxylic acids is 2. The van der Waals surface area contributed by atoms with Gasteiger partial charge >= 0.3 is 5.97 Å². The summed E-state index contributed by atoms with van der Waals surface area (Å²) in [6, 6.07) is 3.10. The number of esters is 1. The van der Waals surface area contributed by atoms with Gasteiger partial charge in [0.05, 0.1) is 13.2 Å². The predicted molar refractivity (Wildman–Crippen MR) is 69.5 cm³/mol. The van der Waals surface area contributed by atoms with Crippen molar-refractivity contribution >= 4 is 11.9 Å². The van der Waals surface area contributed by atoms with Crippen LogP contribution >= 0.6 is 0 Å². The fraction of sp³-hybridized carbons (Fsp3) is 0.538. The molecule has 6 nitrogen and oxygen atoms in total. The maximum atomic E-state index is 11.3. The van der Waals surface area contributed by atoms with Gasteiger partial charge in [0, 0.05) is 12.0 Å². The highest BCUT2D eigenvalue weighted by molar-refractivity contribution is 5.86. The van der Waals surface area contributed by atoms with Crippen molar-refractivity contribution in [2.75, 3.05) is 7.11 Å². The van der Waals surface area contributed by atoms with E-state index in [4.69, 9.17) is 10.2 Å². The molecule has 1 aromatic heterocycles. The second kappa shape index (κ2) is 5.88. The van der Waals surface area contributed by atoms with Crippen LogP contribution in [0.4, 0.5) is 0 Å². The first-order valence-corrected chi connectivity index (χ1v) is 5.99. The molecule has 0 bridgehead atoms. The molecule has 0 spiro atoms. The Balaban J connectivity index is 2.72. The quantitative estimate of drug-likeness (QED) is 0.760. The number of methoxy groups -OCH3 is 1. The van der Waals surface area contributed by atoms with Gasteiger partial charge in [-0.15, -0.1) is 0 Å².